The average Bonchev–Trinajstić information content (AvgIpc) is 3.72. The monoisotopic (exact) mass is 596 g/mol. The van der Waals surface area contributed by atoms with Crippen molar-refractivity contribution in [2.75, 3.05) is 18.0 Å². The summed E-state index contributed by atoms with van der Waals surface area (Å²) in [5.74, 6) is -1.23. The molecule has 2 heterocycles. The summed E-state index contributed by atoms with van der Waals surface area (Å²) >= 11 is 0. The van der Waals surface area contributed by atoms with Gasteiger partial charge in [-0.25, -0.2) is 4.79 Å². The van der Waals surface area contributed by atoms with Crippen LogP contribution in [0.2, 0.25) is 0 Å². The lowest BCUT2D eigenvalue weighted by molar-refractivity contribution is -0.149. The van der Waals surface area contributed by atoms with Gasteiger partial charge in [0.05, 0.1) is 17.8 Å². The van der Waals surface area contributed by atoms with Crippen molar-refractivity contribution in [3.63, 3.8) is 0 Å². The Hall–Kier alpha value is -4.67. The average molecular weight is 597 g/mol. The first-order valence-electron chi connectivity index (χ1n) is 14.8. The van der Waals surface area contributed by atoms with E-state index >= 15 is 0 Å². The molecule has 0 bridgehead atoms. The molecule has 1 unspecified atom stereocenters. The number of aryl methyl sites for hydroxylation is 1. The van der Waals surface area contributed by atoms with Gasteiger partial charge in [0.15, 0.2) is 0 Å². The minimum atomic E-state index is -1.41. The van der Waals surface area contributed by atoms with Gasteiger partial charge in [0.1, 0.15) is 30.3 Å². The molecule has 0 aromatic heterocycles. The summed E-state index contributed by atoms with van der Waals surface area (Å²) in [4.78, 5) is 64.6. The van der Waals surface area contributed by atoms with E-state index in [9.17, 15) is 24.0 Å². The quantitative estimate of drug-likeness (QED) is 0.111. The molecule has 2 aliphatic rings. The summed E-state index contributed by atoms with van der Waals surface area (Å²) in [5, 5.41) is 5.68. The first-order valence-corrected chi connectivity index (χ1v) is 14.8. The highest BCUT2D eigenvalue weighted by Gasteiger charge is 2.72. The number of amides is 2. The van der Waals surface area contributed by atoms with Gasteiger partial charge < -0.3 is 25.4 Å². The lowest BCUT2D eigenvalue weighted by Crippen LogP contribution is -2.39. The molecular formula is C34H36N4O6. The molecule has 2 amide bonds. The predicted octanol–water partition coefficient (Wildman–Crippen LogP) is 2.92. The van der Waals surface area contributed by atoms with Crippen molar-refractivity contribution in [3.8, 4) is 0 Å². The Kier molecular flexibility index (Phi) is 9.32. The van der Waals surface area contributed by atoms with Crippen LogP contribution in [0.15, 0.2) is 72.8 Å². The molecular weight excluding hydrogens is 560 g/mol. The molecule has 0 spiro atoms. The summed E-state index contributed by atoms with van der Waals surface area (Å²) < 4.78 is 5.60. The highest BCUT2D eigenvalue weighted by Crippen LogP contribution is 2.44. The molecule has 10 heteroatoms. The third-order valence-electron chi connectivity index (χ3n) is 8.33. The highest BCUT2D eigenvalue weighted by atomic mass is 16.5. The summed E-state index contributed by atoms with van der Waals surface area (Å²) in [6, 6.07) is 21.7. The standard InChI is InChI=1S/C34H36N4O6/c35-17-6-2-5-7-24-12-15-29-28(19-24)31(42)36-21-30(41)38(29)27-13-10-25(11-14-27)20-34(33(23-40,37-34)16-18-39)32(43)44-22-26-8-3-1-4-9-26/h1,3-4,8-15,18-19,23,37H,2,5-7,16-17,20-22,35H2,(H,36,42)/t33?,34-/m0/s1. The smallest absolute Gasteiger partial charge is 0.329 e. The maximum absolute atomic E-state index is 13.4. The van der Waals surface area contributed by atoms with Crippen molar-refractivity contribution in [2.24, 2.45) is 5.73 Å². The van der Waals surface area contributed by atoms with Crippen LogP contribution in [-0.2, 0) is 43.4 Å². The van der Waals surface area contributed by atoms with Crippen LogP contribution in [-0.4, -0.2) is 54.5 Å². The second kappa shape index (κ2) is 13.3. The number of fused-ring (bicyclic) bond motifs is 1. The first-order chi connectivity index (χ1) is 21.4. The molecule has 0 saturated carbocycles. The van der Waals surface area contributed by atoms with E-state index in [0.29, 0.717) is 41.6 Å². The van der Waals surface area contributed by atoms with Gasteiger partial charge in [0.25, 0.3) is 11.8 Å². The fraction of sp³-hybridized carbons (Fsp3) is 0.324. The van der Waals surface area contributed by atoms with E-state index in [1.165, 1.54) is 4.90 Å². The van der Waals surface area contributed by atoms with Crippen LogP contribution >= 0.6 is 0 Å². The van der Waals surface area contributed by atoms with E-state index in [0.717, 1.165) is 36.8 Å². The minimum Gasteiger partial charge on any atom is -0.459 e. The van der Waals surface area contributed by atoms with Gasteiger partial charge in [0, 0.05) is 18.5 Å². The number of carbonyl (C=O) groups excluding carboxylic acids is 5. The molecule has 1 fully saturated rings. The van der Waals surface area contributed by atoms with Gasteiger partial charge >= 0.3 is 5.97 Å². The third kappa shape index (κ3) is 6.17. The van der Waals surface area contributed by atoms with Crippen LogP contribution in [0.5, 0.6) is 0 Å². The first kappa shape index (κ1) is 30.8. The van der Waals surface area contributed by atoms with Crippen molar-refractivity contribution in [1.82, 2.24) is 10.6 Å². The topological polar surface area (TPSA) is 158 Å². The van der Waals surface area contributed by atoms with Crippen LogP contribution < -0.4 is 21.3 Å². The zero-order valence-corrected chi connectivity index (χ0v) is 24.4. The number of aldehydes is 2. The number of nitrogens with zero attached hydrogens (tertiary/aromatic N) is 1. The molecule has 3 aromatic rings. The molecule has 2 aliphatic heterocycles. The van der Waals surface area contributed by atoms with Gasteiger partial charge in [-0.2, -0.15) is 0 Å². The van der Waals surface area contributed by atoms with Gasteiger partial charge in [-0.05, 0) is 66.8 Å². The SMILES string of the molecule is NCCCCCc1ccc2c(c1)C(=O)NCC(=O)N2c1ccc(C[C@@]2(C(=O)OCc3ccccc3)NC2(C=O)CC=O)cc1. The molecule has 228 valence electrons. The van der Waals surface area contributed by atoms with Gasteiger partial charge in [-0.1, -0.05) is 55.0 Å². The Labute approximate surface area is 255 Å². The highest BCUT2D eigenvalue weighted by molar-refractivity contribution is 6.13. The molecule has 1 saturated heterocycles. The van der Waals surface area contributed by atoms with Gasteiger partial charge in [0.2, 0.25) is 0 Å². The zero-order valence-electron chi connectivity index (χ0n) is 24.4. The predicted molar refractivity (Wildman–Crippen MR) is 164 cm³/mol. The fourth-order valence-corrected chi connectivity index (χ4v) is 5.82. The number of esters is 1. The molecule has 5 rings (SSSR count). The molecule has 44 heavy (non-hydrogen) atoms. The molecule has 2 atom stereocenters. The van der Waals surface area contributed by atoms with E-state index in [-0.39, 0.29) is 37.8 Å². The number of hydrogen-bond acceptors (Lipinski definition) is 8. The maximum atomic E-state index is 13.4. The number of hydrogen-bond donors (Lipinski definition) is 3. The summed E-state index contributed by atoms with van der Waals surface area (Å²) in [6.07, 6.45) is 4.83. The number of unbranched alkanes of at least 4 members (excludes halogenated alkanes) is 2. The number of nitrogens with one attached hydrogen (secondary N) is 2. The van der Waals surface area contributed by atoms with Crippen LogP contribution in [0, 0.1) is 0 Å². The van der Waals surface area contributed by atoms with Crippen molar-refractivity contribution in [3.05, 3.63) is 95.1 Å². The van der Waals surface area contributed by atoms with Gasteiger partial charge in [-0.15, -0.1) is 0 Å². The Morgan fingerprint density at radius 2 is 1.68 bits per heavy atom. The summed E-state index contributed by atoms with van der Waals surface area (Å²) in [5.41, 5.74) is 6.77. The van der Waals surface area contributed by atoms with Crippen LogP contribution in [0.3, 0.4) is 0 Å². The molecule has 3 aromatic carbocycles. The fourth-order valence-electron chi connectivity index (χ4n) is 5.82. The van der Waals surface area contributed by atoms with E-state index in [2.05, 4.69) is 10.6 Å². The number of anilines is 2. The minimum absolute atomic E-state index is 0.0245. The number of ether oxygens (including phenoxy) is 1. The van der Waals surface area contributed by atoms with E-state index in [4.69, 9.17) is 10.5 Å². The number of benzene rings is 3. The lowest BCUT2D eigenvalue weighted by atomic mass is 9.85. The van der Waals surface area contributed by atoms with Crippen LogP contribution in [0.25, 0.3) is 0 Å². The van der Waals surface area contributed by atoms with Crippen molar-refractivity contribution >= 4 is 41.7 Å². The van der Waals surface area contributed by atoms with Crippen molar-refractivity contribution in [2.45, 2.75) is 56.2 Å². The molecule has 4 N–H and O–H groups in total. The second-order valence-electron chi connectivity index (χ2n) is 11.3. The Balaban J connectivity index is 1.37. The molecule has 10 nitrogen and oxygen atoms in total. The van der Waals surface area contributed by atoms with Crippen molar-refractivity contribution in [1.29, 1.82) is 0 Å². The van der Waals surface area contributed by atoms with E-state index in [1.807, 2.05) is 42.5 Å². The number of carbonyl (C=O) groups is 5. The van der Waals surface area contributed by atoms with Crippen LogP contribution in [0.4, 0.5) is 11.4 Å². The number of nitrogens with two attached hydrogens (primary N) is 1. The van der Waals surface area contributed by atoms with Crippen molar-refractivity contribution < 1.29 is 28.7 Å². The summed E-state index contributed by atoms with van der Waals surface area (Å²) in [6.45, 7) is 0.515. The van der Waals surface area contributed by atoms with E-state index < -0.39 is 17.0 Å². The number of rotatable bonds is 14. The van der Waals surface area contributed by atoms with Crippen LogP contribution in [0.1, 0.15) is 52.7 Å². The second-order valence-corrected chi connectivity index (χ2v) is 11.3. The molecule has 0 aliphatic carbocycles. The lowest BCUT2D eigenvalue weighted by Gasteiger charge is -2.23. The summed E-state index contributed by atoms with van der Waals surface area (Å²) in [7, 11) is 0. The van der Waals surface area contributed by atoms with E-state index in [1.54, 1.807) is 30.3 Å². The molecule has 0 radical (unpaired) electrons. The maximum Gasteiger partial charge on any atom is 0.329 e. The normalized spacial score (nSPS) is 20.7. The largest absolute Gasteiger partial charge is 0.459 e. The Morgan fingerprint density at radius 1 is 0.932 bits per heavy atom. The Morgan fingerprint density at radius 3 is 2.39 bits per heavy atom. The third-order valence-corrected chi connectivity index (χ3v) is 8.33. The van der Waals surface area contributed by atoms with Gasteiger partial charge in [-0.3, -0.25) is 19.8 Å². The Bertz CT molecular complexity index is 1540. The zero-order chi connectivity index (χ0) is 31.2.